The summed E-state index contributed by atoms with van der Waals surface area (Å²) >= 11 is 0. The molecule has 0 aliphatic heterocycles. The fourth-order valence-corrected chi connectivity index (χ4v) is 3.46. The average Bonchev–Trinajstić information content (AvgIpc) is 3.13. The second kappa shape index (κ2) is 4.75. The van der Waals surface area contributed by atoms with Crippen LogP contribution in [0.15, 0.2) is 24.3 Å². The highest BCUT2D eigenvalue weighted by Gasteiger charge is 2.54. The van der Waals surface area contributed by atoms with Gasteiger partial charge in [-0.3, -0.25) is 4.79 Å². The molecule has 96 valence electrons. The Morgan fingerprint density at radius 3 is 2.33 bits per heavy atom. The van der Waals surface area contributed by atoms with Crippen LogP contribution in [0.2, 0.25) is 0 Å². The maximum atomic E-state index is 12.4. The Hall–Kier alpha value is -1.31. The lowest BCUT2D eigenvalue weighted by atomic mass is 10.0. The molecular formula is C16H20O2. The number of Topliss-reactive ketones (excluding diaryl/α,β-unsaturated/α-hetero) is 1. The number of hydrogen-bond donors (Lipinski definition) is 0. The third-order valence-electron chi connectivity index (χ3n) is 4.41. The van der Waals surface area contributed by atoms with E-state index in [2.05, 4.69) is 0 Å². The second-order valence-electron chi connectivity index (χ2n) is 5.46. The first kappa shape index (κ1) is 11.8. The van der Waals surface area contributed by atoms with Gasteiger partial charge in [0.1, 0.15) is 5.75 Å². The second-order valence-corrected chi connectivity index (χ2v) is 5.46. The smallest absolute Gasteiger partial charge is 0.166 e. The molecule has 18 heavy (non-hydrogen) atoms. The molecule has 2 heteroatoms. The van der Waals surface area contributed by atoms with Crippen LogP contribution >= 0.6 is 0 Å². The van der Waals surface area contributed by atoms with Crippen LogP contribution < -0.4 is 4.74 Å². The van der Waals surface area contributed by atoms with Crippen LogP contribution in [0.4, 0.5) is 0 Å². The number of ketones is 1. The number of ether oxygens (including phenoxy) is 1. The van der Waals surface area contributed by atoms with Crippen LogP contribution in [0.5, 0.6) is 5.75 Å². The van der Waals surface area contributed by atoms with Gasteiger partial charge in [-0.05, 0) is 55.9 Å². The molecule has 3 rings (SSSR count). The Balaban J connectivity index is 1.69. The molecule has 0 heterocycles. The Morgan fingerprint density at radius 1 is 1.17 bits per heavy atom. The fourth-order valence-electron chi connectivity index (χ4n) is 3.46. The number of carbonyl (C=O) groups is 1. The third kappa shape index (κ3) is 2.05. The van der Waals surface area contributed by atoms with Gasteiger partial charge in [0, 0.05) is 11.5 Å². The molecule has 2 fully saturated rings. The van der Waals surface area contributed by atoms with Crippen LogP contribution in [-0.4, -0.2) is 12.4 Å². The molecule has 0 bridgehead atoms. The summed E-state index contributed by atoms with van der Waals surface area (Å²) in [6, 6.07) is 7.64. The van der Waals surface area contributed by atoms with Crippen LogP contribution in [0.1, 0.15) is 43.0 Å². The van der Waals surface area contributed by atoms with E-state index in [4.69, 9.17) is 4.74 Å². The molecule has 0 N–H and O–H groups in total. The molecule has 2 atom stereocenters. The summed E-state index contributed by atoms with van der Waals surface area (Å²) in [5.74, 6) is 2.92. The number of carbonyl (C=O) groups excluding carboxylic acids is 1. The van der Waals surface area contributed by atoms with Crippen molar-refractivity contribution in [3.63, 3.8) is 0 Å². The lowest BCUT2D eigenvalue weighted by molar-refractivity contribution is 0.0956. The third-order valence-corrected chi connectivity index (χ3v) is 4.41. The number of fused-ring (bicyclic) bond motifs is 1. The molecule has 0 aromatic heterocycles. The van der Waals surface area contributed by atoms with E-state index >= 15 is 0 Å². The molecule has 2 aliphatic rings. The van der Waals surface area contributed by atoms with Crippen molar-refractivity contribution >= 4 is 5.78 Å². The van der Waals surface area contributed by atoms with Gasteiger partial charge in [-0.15, -0.1) is 0 Å². The van der Waals surface area contributed by atoms with E-state index in [1.165, 1.54) is 25.7 Å². The highest BCUT2D eigenvalue weighted by atomic mass is 16.5. The molecule has 0 amide bonds. The highest BCUT2D eigenvalue weighted by molar-refractivity contribution is 6.00. The normalized spacial score (nSPS) is 29.5. The Labute approximate surface area is 108 Å². The molecule has 2 saturated carbocycles. The predicted octanol–water partition coefficient (Wildman–Crippen LogP) is 3.70. The van der Waals surface area contributed by atoms with Crippen molar-refractivity contribution in [2.24, 2.45) is 17.8 Å². The maximum absolute atomic E-state index is 12.4. The quantitative estimate of drug-likeness (QED) is 0.755. The zero-order valence-electron chi connectivity index (χ0n) is 10.9. The minimum atomic E-state index is 0.324. The van der Waals surface area contributed by atoms with Crippen molar-refractivity contribution in [1.82, 2.24) is 0 Å². The van der Waals surface area contributed by atoms with E-state index in [0.717, 1.165) is 11.3 Å². The van der Waals surface area contributed by atoms with Crippen molar-refractivity contribution in [2.45, 2.75) is 32.6 Å². The molecule has 2 unspecified atom stereocenters. The first-order valence-electron chi connectivity index (χ1n) is 7.08. The largest absolute Gasteiger partial charge is 0.494 e. The van der Waals surface area contributed by atoms with E-state index in [-0.39, 0.29) is 0 Å². The monoisotopic (exact) mass is 244 g/mol. The number of rotatable bonds is 4. The van der Waals surface area contributed by atoms with E-state index in [9.17, 15) is 4.79 Å². The van der Waals surface area contributed by atoms with Crippen LogP contribution in [0.25, 0.3) is 0 Å². The molecule has 2 aliphatic carbocycles. The van der Waals surface area contributed by atoms with Crippen molar-refractivity contribution in [3.05, 3.63) is 29.8 Å². The lowest BCUT2D eigenvalue weighted by Crippen LogP contribution is -2.04. The van der Waals surface area contributed by atoms with E-state index in [1.54, 1.807) is 0 Å². The summed E-state index contributed by atoms with van der Waals surface area (Å²) < 4.78 is 5.40. The molecule has 1 aromatic rings. The van der Waals surface area contributed by atoms with Gasteiger partial charge in [0.25, 0.3) is 0 Å². The summed E-state index contributed by atoms with van der Waals surface area (Å²) in [5.41, 5.74) is 0.859. The van der Waals surface area contributed by atoms with E-state index in [1.807, 2.05) is 31.2 Å². The molecule has 0 saturated heterocycles. The molecule has 0 radical (unpaired) electrons. The Bertz CT molecular complexity index is 423. The zero-order chi connectivity index (χ0) is 12.5. The van der Waals surface area contributed by atoms with Crippen molar-refractivity contribution < 1.29 is 9.53 Å². The molecule has 0 spiro atoms. The first-order chi connectivity index (χ1) is 8.81. The summed E-state index contributed by atoms with van der Waals surface area (Å²) in [5, 5.41) is 0. The summed E-state index contributed by atoms with van der Waals surface area (Å²) in [4.78, 5) is 12.4. The minimum absolute atomic E-state index is 0.324. The van der Waals surface area contributed by atoms with Gasteiger partial charge in [-0.2, -0.15) is 0 Å². The molecule has 2 nitrogen and oxygen atoms in total. The lowest BCUT2D eigenvalue weighted by Gasteiger charge is -2.04. The summed E-state index contributed by atoms with van der Waals surface area (Å²) in [6.45, 7) is 2.63. The predicted molar refractivity (Wildman–Crippen MR) is 70.9 cm³/mol. The van der Waals surface area contributed by atoms with Crippen LogP contribution in [0, 0.1) is 17.8 Å². The fraction of sp³-hybridized carbons (Fsp3) is 0.562. The Morgan fingerprint density at radius 2 is 1.78 bits per heavy atom. The van der Waals surface area contributed by atoms with Gasteiger partial charge < -0.3 is 4.74 Å². The van der Waals surface area contributed by atoms with Crippen LogP contribution in [0.3, 0.4) is 0 Å². The highest BCUT2D eigenvalue weighted by Crippen LogP contribution is 2.56. The van der Waals surface area contributed by atoms with E-state index in [0.29, 0.717) is 30.1 Å². The van der Waals surface area contributed by atoms with Gasteiger partial charge in [-0.25, -0.2) is 0 Å². The van der Waals surface area contributed by atoms with Crippen molar-refractivity contribution in [1.29, 1.82) is 0 Å². The SMILES string of the molecule is CCOc1ccc(C(=O)C2C3CCCCC32)cc1. The number of hydrogen-bond acceptors (Lipinski definition) is 2. The Kier molecular flexibility index (Phi) is 3.11. The summed E-state index contributed by atoms with van der Waals surface area (Å²) in [6.07, 6.45) is 5.15. The maximum Gasteiger partial charge on any atom is 0.166 e. The standard InChI is InChI=1S/C16H20O2/c1-2-18-12-9-7-11(8-10-12)16(17)15-13-5-3-4-6-14(13)15/h7-10,13-15H,2-6H2,1H3. The molecule has 1 aromatic carbocycles. The van der Waals surface area contributed by atoms with Gasteiger partial charge in [0.05, 0.1) is 6.61 Å². The zero-order valence-corrected chi connectivity index (χ0v) is 10.9. The van der Waals surface area contributed by atoms with Gasteiger partial charge >= 0.3 is 0 Å². The van der Waals surface area contributed by atoms with Gasteiger partial charge in [0.15, 0.2) is 5.78 Å². The minimum Gasteiger partial charge on any atom is -0.494 e. The summed E-state index contributed by atoms with van der Waals surface area (Å²) in [7, 11) is 0. The molecular weight excluding hydrogens is 224 g/mol. The van der Waals surface area contributed by atoms with Gasteiger partial charge in [-0.1, -0.05) is 12.8 Å². The van der Waals surface area contributed by atoms with E-state index < -0.39 is 0 Å². The topological polar surface area (TPSA) is 26.3 Å². The van der Waals surface area contributed by atoms with Crippen molar-refractivity contribution in [2.75, 3.05) is 6.61 Å². The van der Waals surface area contributed by atoms with Crippen LogP contribution in [-0.2, 0) is 0 Å². The number of benzene rings is 1. The van der Waals surface area contributed by atoms with Crippen molar-refractivity contribution in [3.8, 4) is 5.75 Å². The van der Waals surface area contributed by atoms with Gasteiger partial charge in [0.2, 0.25) is 0 Å². The first-order valence-corrected chi connectivity index (χ1v) is 7.08. The average molecular weight is 244 g/mol.